The fourth-order valence-corrected chi connectivity index (χ4v) is 6.95. The van der Waals surface area contributed by atoms with Crippen LogP contribution in [0, 0.1) is 5.92 Å². The Morgan fingerprint density at radius 2 is 0.660 bits per heavy atom. The SMILES string of the molecule is CCCCCCCCCCCCCCC(=O)O[C@H](COC(=O)CCCCCCCCCCC)COC(=O)CCCCCCCCCCCCC(C)CC. The van der Waals surface area contributed by atoms with Gasteiger partial charge >= 0.3 is 17.9 Å². The third-order valence-electron chi connectivity index (χ3n) is 10.9. The maximum Gasteiger partial charge on any atom is 0.306 e. The van der Waals surface area contributed by atoms with Crippen LogP contribution in [-0.4, -0.2) is 37.2 Å². The molecular formula is C47H90O6. The van der Waals surface area contributed by atoms with Gasteiger partial charge in [0.05, 0.1) is 0 Å². The van der Waals surface area contributed by atoms with Gasteiger partial charge < -0.3 is 14.2 Å². The fourth-order valence-electron chi connectivity index (χ4n) is 6.95. The number of carbonyl (C=O) groups excluding carboxylic acids is 3. The summed E-state index contributed by atoms with van der Waals surface area (Å²) in [5.74, 6) is 0.0151. The van der Waals surface area contributed by atoms with Crippen LogP contribution in [0.4, 0.5) is 0 Å². The molecule has 1 unspecified atom stereocenters. The Balaban J connectivity index is 4.31. The van der Waals surface area contributed by atoms with Crippen molar-refractivity contribution in [1.29, 1.82) is 0 Å². The molecule has 0 bridgehead atoms. The van der Waals surface area contributed by atoms with Crippen LogP contribution in [-0.2, 0) is 28.6 Å². The van der Waals surface area contributed by atoms with E-state index >= 15 is 0 Å². The molecule has 0 aromatic heterocycles. The molecule has 0 spiro atoms. The van der Waals surface area contributed by atoms with Gasteiger partial charge in [-0.3, -0.25) is 14.4 Å². The van der Waals surface area contributed by atoms with E-state index in [0.29, 0.717) is 19.3 Å². The number of unbranched alkanes of at least 4 members (excludes halogenated alkanes) is 28. The third kappa shape index (κ3) is 39.9. The number of hydrogen-bond donors (Lipinski definition) is 0. The molecule has 0 aromatic carbocycles. The first-order valence-corrected chi connectivity index (χ1v) is 23.4. The smallest absolute Gasteiger partial charge is 0.306 e. The maximum absolute atomic E-state index is 12.7. The molecule has 0 aliphatic rings. The Hall–Kier alpha value is -1.59. The van der Waals surface area contributed by atoms with E-state index in [4.69, 9.17) is 14.2 Å². The van der Waals surface area contributed by atoms with Crippen molar-refractivity contribution < 1.29 is 28.6 Å². The van der Waals surface area contributed by atoms with E-state index in [2.05, 4.69) is 27.7 Å². The largest absolute Gasteiger partial charge is 0.462 e. The number of rotatable bonds is 42. The highest BCUT2D eigenvalue weighted by Crippen LogP contribution is 2.17. The number of ether oxygens (including phenoxy) is 3. The predicted molar refractivity (Wildman–Crippen MR) is 224 cm³/mol. The highest BCUT2D eigenvalue weighted by atomic mass is 16.6. The predicted octanol–water partition coefficient (Wildman–Crippen LogP) is 14.7. The molecule has 0 fully saturated rings. The second-order valence-corrected chi connectivity index (χ2v) is 16.3. The fraction of sp³-hybridized carbons (Fsp3) is 0.936. The second-order valence-electron chi connectivity index (χ2n) is 16.3. The first kappa shape index (κ1) is 51.4. The molecule has 0 aliphatic heterocycles. The standard InChI is InChI=1S/C47H90O6/c1-5-8-10-12-14-16-17-18-24-28-32-36-40-47(50)53-44(41-51-45(48)38-34-30-26-21-15-13-11-9-6-2)42-52-46(49)39-35-31-27-23-20-19-22-25-29-33-37-43(4)7-3/h43-44H,5-42H2,1-4H3/t43?,44-/m1/s1. The molecule has 314 valence electrons. The number of carbonyl (C=O) groups is 3. The lowest BCUT2D eigenvalue weighted by molar-refractivity contribution is -0.167. The van der Waals surface area contributed by atoms with E-state index in [1.54, 1.807) is 0 Å². The van der Waals surface area contributed by atoms with Crippen molar-refractivity contribution in [1.82, 2.24) is 0 Å². The minimum absolute atomic E-state index is 0.0638. The molecule has 0 radical (unpaired) electrons. The molecule has 0 saturated carbocycles. The summed E-state index contributed by atoms with van der Waals surface area (Å²) in [5, 5.41) is 0. The quantitative estimate of drug-likeness (QED) is 0.0351. The molecular weight excluding hydrogens is 661 g/mol. The molecule has 0 heterocycles. The van der Waals surface area contributed by atoms with E-state index in [1.165, 1.54) is 154 Å². The summed E-state index contributed by atoms with van der Waals surface area (Å²) < 4.78 is 16.7. The van der Waals surface area contributed by atoms with Crippen molar-refractivity contribution in [3.63, 3.8) is 0 Å². The zero-order chi connectivity index (χ0) is 38.9. The van der Waals surface area contributed by atoms with E-state index in [-0.39, 0.29) is 31.1 Å². The van der Waals surface area contributed by atoms with E-state index in [9.17, 15) is 14.4 Å². The zero-order valence-corrected chi connectivity index (χ0v) is 36.0. The van der Waals surface area contributed by atoms with Crippen molar-refractivity contribution in [3.05, 3.63) is 0 Å². The van der Waals surface area contributed by atoms with Gasteiger partial charge in [-0.05, 0) is 25.2 Å². The van der Waals surface area contributed by atoms with Crippen LogP contribution in [0.2, 0.25) is 0 Å². The summed E-state index contributed by atoms with van der Waals surface area (Å²) in [6, 6.07) is 0. The van der Waals surface area contributed by atoms with Crippen LogP contribution in [0.15, 0.2) is 0 Å². The van der Waals surface area contributed by atoms with Gasteiger partial charge in [0.2, 0.25) is 0 Å². The summed E-state index contributed by atoms with van der Waals surface area (Å²) in [7, 11) is 0. The minimum Gasteiger partial charge on any atom is -0.462 e. The molecule has 6 heteroatoms. The van der Waals surface area contributed by atoms with Crippen molar-refractivity contribution >= 4 is 17.9 Å². The topological polar surface area (TPSA) is 78.9 Å². The summed E-state index contributed by atoms with van der Waals surface area (Å²) in [5.41, 5.74) is 0. The molecule has 0 amide bonds. The van der Waals surface area contributed by atoms with Crippen molar-refractivity contribution in [2.45, 2.75) is 265 Å². The van der Waals surface area contributed by atoms with Crippen molar-refractivity contribution in [3.8, 4) is 0 Å². The van der Waals surface area contributed by atoms with Crippen LogP contribution < -0.4 is 0 Å². The molecule has 53 heavy (non-hydrogen) atoms. The third-order valence-corrected chi connectivity index (χ3v) is 10.9. The van der Waals surface area contributed by atoms with Crippen LogP contribution in [0.25, 0.3) is 0 Å². The highest BCUT2D eigenvalue weighted by molar-refractivity contribution is 5.71. The van der Waals surface area contributed by atoms with E-state index in [0.717, 1.165) is 63.7 Å². The summed E-state index contributed by atoms with van der Waals surface area (Å²) in [4.78, 5) is 37.7. The molecule has 0 rings (SSSR count). The Bertz CT molecular complexity index is 798. The van der Waals surface area contributed by atoms with E-state index < -0.39 is 6.10 Å². The molecule has 0 saturated heterocycles. The van der Waals surface area contributed by atoms with Gasteiger partial charge in [-0.25, -0.2) is 0 Å². The Morgan fingerprint density at radius 3 is 0.981 bits per heavy atom. The van der Waals surface area contributed by atoms with Crippen LogP contribution in [0.5, 0.6) is 0 Å². The van der Waals surface area contributed by atoms with Crippen molar-refractivity contribution in [2.75, 3.05) is 13.2 Å². The van der Waals surface area contributed by atoms with Gasteiger partial charge in [0, 0.05) is 19.3 Å². The summed E-state index contributed by atoms with van der Waals surface area (Å²) in [6.07, 6.45) is 40.8. The number of hydrogen-bond acceptors (Lipinski definition) is 6. The summed E-state index contributed by atoms with van der Waals surface area (Å²) >= 11 is 0. The molecule has 6 nitrogen and oxygen atoms in total. The van der Waals surface area contributed by atoms with Gasteiger partial charge in [-0.1, -0.05) is 220 Å². The lowest BCUT2D eigenvalue weighted by Crippen LogP contribution is -2.30. The molecule has 0 N–H and O–H groups in total. The number of esters is 3. The van der Waals surface area contributed by atoms with Gasteiger partial charge in [-0.2, -0.15) is 0 Å². The Labute approximate surface area is 329 Å². The van der Waals surface area contributed by atoms with E-state index in [1.807, 2.05) is 0 Å². The van der Waals surface area contributed by atoms with Gasteiger partial charge in [0.15, 0.2) is 6.10 Å². The molecule has 0 aliphatic carbocycles. The van der Waals surface area contributed by atoms with Crippen LogP contribution >= 0.6 is 0 Å². The lowest BCUT2D eigenvalue weighted by atomic mass is 9.99. The molecule has 0 aromatic rings. The normalized spacial score (nSPS) is 12.5. The average molecular weight is 751 g/mol. The zero-order valence-electron chi connectivity index (χ0n) is 36.0. The monoisotopic (exact) mass is 751 g/mol. The first-order valence-electron chi connectivity index (χ1n) is 23.4. The van der Waals surface area contributed by atoms with Crippen molar-refractivity contribution in [2.24, 2.45) is 5.92 Å². The highest BCUT2D eigenvalue weighted by Gasteiger charge is 2.19. The maximum atomic E-state index is 12.7. The first-order chi connectivity index (χ1) is 25.9. The lowest BCUT2D eigenvalue weighted by Gasteiger charge is -2.18. The second kappa shape index (κ2) is 41.6. The van der Waals surface area contributed by atoms with Gasteiger partial charge in [-0.15, -0.1) is 0 Å². The Kier molecular flexibility index (Phi) is 40.3. The van der Waals surface area contributed by atoms with Crippen LogP contribution in [0.3, 0.4) is 0 Å². The van der Waals surface area contributed by atoms with Gasteiger partial charge in [0.25, 0.3) is 0 Å². The summed E-state index contributed by atoms with van der Waals surface area (Å²) in [6.45, 7) is 9.00. The minimum atomic E-state index is -0.758. The van der Waals surface area contributed by atoms with Crippen LogP contribution in [0.1, 0.15) is 259 Å². The molecule has 2 atom stereocenters. The Morgan fingerprint density at radius 1 is 0.377 bits per heavy atom. The van der Waals surface area contributed by atoms with Gasteiger partial charge in [0.1, 0.15) is 13.2 Å². The average Bonchev–Trinajstić information content (AvgIpc) is 3.15.